The van der Waals surface area contributed by atoms with E-state index in [4.69, 9.17) is 4.74 Å². The second kappa shape index (κ2) is 10.0. The van der Waals surface area contributed by atoms with Crippen molar-refractivity contribution in [1.82, 2.24) is 10.6 Å². The van der Waals surface area contributed by atoms with Gasteiger partial charge in [0.05, 0.1) is 6.04 Å². The molecule has 1 aliphatic carbocycles. The second-order valence-corrected chi connectivity index (χ2v) is 7.89. The third kappa shape index (κ3) is 5.27. The lowest BCUT2D eigenvalue weighted by molar-refractivity contribution is -0.123. The Bertz CT molecular complexity index is 1070. The Morgan fingerprint density at radius 2 is 1.62 bits per heavy atom. The summed E-state index contributed by atoms with van der Waals surface area (Å²) in [7, 11) is 0. The lowest BCUT2D eigenvalue weighted by Crippen LogP contribution is -2.48. The molecule has 2 amide bonds. The molecule has 32 heavy (non-hydrogen) atoms. The molecule has 0 spiro atoms. The average Bonchev–Trinajstić information content (AvgIpc) is 3.23. The van der Waals surface area contributed by atoms with Crippen LogP contribution in [-0.4, -0.2) is 23.1 Å². The topological polar surface area (TPSA) is 87.7 Å². The summed E-state index contributed by atoms with van der Waals surface area (Å²) in [6, 6.07) is 23.3. The summed E-state index contributed by atoms with van der Waals surface area (Å²) in [5.41, 5.74) is 3.59. The first-order chi connectivity index (χ1) is 15.6. The minimum atomic E-state index is -0.790. The lowest BCUT2D eigenvalue weighted by Gasteiger charge is -2.22. The van der Waals surface area contributed by atoms with Crippen LogP contribution in [0.3, 0.4) is 0 Å². The average molecular weight is 431 g/mol. The van der Waals surface area contributed by atoms with Gasteiger partial charge in [-0.2, -0.15) is 0 Å². The minimum absolute atomic E-state index is 0.127. The number of carbonyl (C=O) groups is 2. The number of nitrogens with one attached hydrogen (secondary N) is 2. The van der Waals surface area contributed by atoms with E-state index in [1.807, 2.05) is 66.7 Å². The quantitative estimate of drug-likeness (QED) is 0.528. The summed E-state index contributed by atoms with van der Waals surface area (Å²) in [6.07, 6.45) is 1.10. The number of alkyl carbamates (subject to hydrolysis) is 1. The Morgan fingerprint density at radius 1 is 0.938 bits per heavy atom. The van der Waals surface area contributed by atoms with Gasteiger partial charge in [-0.3, -0.25) is 4.79 Å². The number of phenols is 1. The van der Waals surface area contributed by atoms with Crippen molar-refractivity contribution < 1.29 is 19.4 Å². The molecule has 3 aromatic rings. The van der Waals surface area contributed by atoms with E-state index in [0.717, 1.165) is 22.3 Å². The van der Waals surface area contributed by atoms with Gasteiger partial charge >= 0.3 is 6.09 Å². The number of hydrogen-bond acceptors (Lipinski definition) is 4. The molecule has 3 N–H and O–H groups in total. The normalized spacial score (nSPS) is 15.4. The Hall–Kier alpha value is -3.80. The molecule has 6 nitrogen and oxygen atoms in total. The van der Waals surface area contributed by atoms with Crippen LogP contribution >= 0.6 is 0 Å². The SMILES string of the molecule is O=C(N[C@@H](Cc1ccccc1)C(=O)NC1CCc2c(O)cccc21)OCc1ccccc1. The highest BCUT2D eigenvalue weighted by Gasteiger charge is 2.29. The van der Waals surface area contributed by atoms with E-state index in [-0.39, 0.29) is 24.3 Å². The third-order valence-corrected chi connectivity index (χ3v) is 5.67. The van der Waals surface area contributed by atoms with Crippen molar-refractivity contribution in [3.05, 3.63) is 101 Å². The van der Waals surface area contributed by atoms with Gasteiger partial charge in [0.1, 0.15) is 18.4 Å². The largest absolute Gasteiger partial charge is 0.508 e. The van der Waals surface area contributed by atoms with Gasteiger partial charge in [-0.05, 0) is 41.2 Å². The second-order valence-electron chi connectivity index (χ2n) is 7.89. The number of aromatic hydroxyl groups is 1. The summed E-state index contributed by atoms with van der Waals surface area (Å²) in [4.78, 5) is 25.6. The fourth-order valence-electron chi connectivity index (χ4n) is 4.02. The molecular formula is C26H26N2O4. The van der Waals surface area contributed by atoms with Gasteiger partial charge in [-0.15, -0.1) is 0 Å². The maximum absolute atomic E-state index is 13.2. The zero-order chi connectivity index (χ0) is 22.3. The highest BCUT2D eigenvalue weighted by Crippen LogP contribution is 2.36. The molecule has 1 aliphatic rings. The van der Waals surface area contributed by atoms with Crippen LogP contribution in [0.4, 0.5) is 4.79 Å². The molecule has 164 valence electrons. The van der Waals surface area contributed by atoms with Crippen molar-refractivity contribution in [2.24, 2.45) is 0 Å². The van der Waals surface area contributed by atoms with E-state index in [9.17, 15) is 14.7 Å². The monoisotopic (exact) mass is 430 g/mol. The Morgan fingerprint density at radius 3 is 2.34 bits per heavy atom. The Balaban J connectivity index is 1.43. The van der Waals surface area contributed by atoms with Gasteiger partial charge in [-0.25, -0.2) is 4.79 Å². The number of amides is 2. The first kappa shape index (κ1) is 21.4. The molecule has 1 unspecified atom stereocenters. The van der Waals surface area contributed by atoms with E-state index >= 15 is 0 Å². The molecule has 0 aliphatic heterocycles. The smallest absolute Gasteiger partial charge is 0.408 e. The maximum atomic E-state index is 13.2. The number of phenolic OH excluding ortho intramolecular Hbond substituents is 1. The number of fused-ring (bicyclic) bond motifs is 1. The van der Waals surface area contributed by atoms with Crippen molar-refractivity contribution in [2.45, 2.75) is 38.0 Å². The summed E-state index contributed by atoms with van der Waals surface area (Å²) in [6.45, 7) is 0.127. The standard InChI is InChI=1S/C26H26N2O4/c29-24-13-7-12-20-21(24)14-15-22(20)27-25(30)23(16-18-8-3-1-4-9-18)28-26(31)32-17-19-10-5-2-6-11-19/h1-13,22-23,29H,14-17H2,(H,27,30)(H,28,31)/t22?,23-/m0/s1. The number of benzene rings is 3. The summed E-state index contributed by atoms with van der Waals surface area (Å²) < 4.78 is 5.33. The molecule has 0 bridgehead atoms. The molecule has 2 atom stereocenters. The van der Waals surface area contributed by atoms with Crippen LogP contribution in [0.25, 0.3) is 0 Å². The van der Waals surface area contributed by atoms with E-state index in [1.165, 1.54) is 0 Å². The van der Waals surface area contributed by atoms with Crippen molar-refractivity contribution in [1.29, 1.82) is 0 Å². The number of carbonyl (C=O) groups excluding carboxylic acids is 2. The Kier molecular flexibility index (Phi) is 6.70. The lowest BCUT2D eigenvalue weighted by atomic mass is 10.0. The first-order valence-electron chi connectivity index (χ1n) is 10.7. The van der Waals surface area contributed by atoms with Crippen LogP contribution in [0, 0.1) is 0 Å². The van der Waals surface area contributed by atoms with E-state index in [1.54, 1.807) is 12.1 Å². The fourth-order valence-corrected chi connectivity index (χ4v) is 4.02. The van der Waals surface area contributed by atoms with Crippen LogP contribution in [-0.2, 0) is 29.0 Å². The highest BCUT2D eigenvalue weighted by atomic mass is 16.5. The molecule has 0 saturated heterocycles. The molecule has 0 aromatic heterocycles. The molecule has 4 rings (SSSR count). The predicted octanol–water partition coefficient (Wildman–Crippen LogP) is 4.03. The third-order valence-electron chi connectivity index (χ3n) is 5.67. The fraction of sp³-hybridized carbons (Fsp3) is 0.231. The molecule has 0 heterocycles. The van der Waals surface area contributed by atoms with E-state index in [0.29, 0.717) is 19.3 Å². The van der Waals surface area contributed by atoms with Crippen molar-refractivity contribution >= 4 is 12.0 Å². The number of hydrogen-bond donors (Lipinski definition) is 3. The van der Waals surface area contributed by atoms with Gasteiger partial charge in [0.2, 0.25) is 5.91 Å². The van der Waals surface area contributed by atoms with Crippen LogP contribution in [0.15, 0.2) is 78.9 Å². The molecule has 0 radical (unpaired) electrons. The predicted molar refractivity (Wildman–Crippen MR) is 121 cm³/mol. The van der Waals surface area contributed by atoms with Crippen LogP contribution in [0.2, 0.25) is 0 Å². The van der Waals surface area contributed by atoms with Gasteiger partial charge in [0, 0.05) is 6.42 Å². The number of rotatable bonds is 7. The zero-order valence-electron chi connectivity index (χ0n) is 17.7. The zero-order valence-corrected chi connectivity index (χ0v) is 17.7. The van der Waals surface area contributed by atoms with E-state index < -0.39 is 12.1 Å². The molecule has 3 aromatic carbocycles. The summed E-state index contributed by atoms with van der Waals surface area (Å²) in [5, 5.41) is 15.8. The molecule has 6 heteroatoms. The van der Waals surface area contributed by atoms with Crippen LogP contribution < -0.4 is 10.6 Å². The van der Waals surface area contributed by atoms with Gasteiger partial charge < -0.3 is 20.5 Å². The van der Waals surface area contributed by atoms with Crippen molar-refractivity contribution in [2.75, 3.05) is 0 Å². The summed E-state index contributed by atoms with van der Waals surface area (Å²) >= 11 is 0. The minimum Gasteiger partial charge on any atom is -0.508 e. The Labute approximate surface area is 187 Å². The van der Waals surface area contributed by atoms with E-state index in [2.05, 4.69) is 10.6 Å². The first-order valence-corrected chi connectivity index (χ1v) is 10.7. The van der Waals surface area contributed by atoms with Crippen LogP contribution in [0.5, 0.6) is 5.75 Å². The van der Waals surface area contributed by atoms with Crippen molar-refractivity contribution in [3.63, 3.8) is 0 Å². The van der Waals surface area contributed by atoms with Gasteiger partial charge in [-0.1, -0.05) is 72.8 Å². The van der Waals surface area contributed by atoms with Gasteiger partial charge in [0.25, 0.3) is 0 Å². The van der Waals surface area contributed by atoms with Crippen LogP contribution in [0.1, 0.15) is 34.7 Å². The molecule has 0 fully saturated rings. The molecular weight excluding hydrogens is 404 g/mol. The number of ether oxygens (including phenoxy) is 1. The molecule has 0 saturated carbocycles. The maximum Gasteiger partial charge on any atom is 0.408 e. The summed E-state index contributed by atoms with van der Waals surface area (Å²) in [5.74, 6) is -0.0330. The van der Waals surface area contributed by atoms with Crippen molar-refractivity contribution in [3.8, 4) is 5.75 Å². The highest BCUT2D eigenvalue weighted by molar-refractivity contribution is 5.86. The van der Waals surface area contributed by atoms with Gasteiger partial charge in [0.15, 0.2) is 0 Å².